The highest BCUT2D eigenvalue weighted by Crippen LogP contribution is 2.38. The van der Waals surface area contributed by atoms with E-state index in [0.29, 0.717) is 70.2 Å². The van der Waals surface area contributed by atoms with E-state index in [1.807, 2.05) is 44.2 Å². The van der Waals surface area contributed by atoms with Gasteiger partial charge in [0.1, 0.15) is 0 Å². The number of aliphatic hydroxyl groups excluding tert-OH is 1. The van der Waals surface area contributed by atoms with Crippen LogP contribution in [0.5, 0.6) is 11.5 Å². The van der Waals surface area contributed by atoms with Crippen molar-refractivity contribution in [1.82, 2.24) is 19.4 Å². The molecule has 0 saturated carbocycles. The number of urea groups is 1. The molecule has 0 aliphatic carbocycles. The Morgan fingerprint density at radius 2 is 1.79 bits per heavy atom. The molecule has 15 nitrogen and oxygen atoms in total. The van der Waals surface area contributed by atoms with E-state index in [0.717, 1.165) is 5.56 Å². The van der Waals surface area contributed by atoms with Crippen LogP contribution in [0.3, 0.4) is 0 Å². The van der Waals surface area contributed by atoms with E-state index >= 15 is 0 Å². The lowest BCUT2D eigenvalue weighted by Gasteiger charge is -2.40. The van der Waals surface area contributed by atoms with Gasteiger partial charge in [0.15, 0.2) is 17.8 Å². The number of benzene rings is 2. The molecule has 4 heterocycles. The predicted molar refractivity (Wildman–Crippen MR) is 188 cm³/mol. The maximum atomic E-state index is 14.5. The summed E-state index contributed by atoms with van der Waals surface area (Å²) in [5.41, 5.74) is 0.183. The molecule has 0 aromatic heterocycles. The summed E-state index contributed by atoms with van der Waals surface area (Å²) >= 11 is 0. The maximum Gasteiger partial charge on any atom is 0.407 e. The number of carbonyl (C=O) groups excluding carboxylic acids is 1. The van der Waals surface area contributed by atoms with Crippen molar-refractivity contribution >= 4 is 22.1 Å². The fourth-order valence-corrected chi connectivity index (χ4v) is 9.16. The fourth-order valence-electron chi connectivity index (χ4n) is 7.50. The Labute approximate surface area is 304 Å². The summed E-state index contributed by atoms with van der Waals surface area (Å²) in [7, 11) is -4.26. The van der Waals surface area contributed by atoms with Crippen LogP contribution in [-0.2, 0) is 30.7 Å². The van der Waals surface area contributed by atoms with E-state index in [9.17, 15) is 28.2 Å². The molecule has 3 fully saturated rings. The highest BCUT2D eigenvalue weighted by molar-refractivity contribution is 7.89. The number of hydrogen-bond donors (Lipinski definition) is 3. The quantitative estimate of drug-likeness (QED) is 0.229. The first-order valence-corrected chi connectivity index (χ1v) is 19.3. The molecule has 0 spiro atoms. The second-order valence-electron chi connectivity index (χ2n) is 14.5. The van der Waals surface area contributed by atoms with E-state index in [1.165, 1.54) is 27.4 Å². The Bertz CT molecular complexity index is 1640. The lowest BCUT2D eigenvalue weighted by Crippen LogP contribution is -2.58. The number of aliphatic hydroxyl groups is 1. The van der Waals surface area contributed by atoms with Crippen molar-refractivity contribution in [3.63, 3.8) is 0 Å². The van der Waals surface area contributed by atoms with Gasteiger partial charge in [0.25, 0.3) is 0 Å². The number of morpholine rings is 1. The molecule has 2 aromatic rings. The number of rotatable bonds is 15. The van der Waals surface area contributed by atoms with Gasteiger partial charge < -0.3 is 44.1 Å². The van der Waals surface area contributed by atoms with Crippen molar-refractivity contribution in [1.29, 1.82) is 0 Å². The zero-order chi connectivity index (χ0) is 36.9. The molecule has 0 bridgehead atoms. The van der Waals surface area contributed by atoms with Crippen LogP contribution >= 0.6 is 0 Å². The molecule has 286 valence electrons. The van der Waals surface area contributed by atoms with Gasteiger partial charge in [0.2, 0.25) is 16.8 Å². The molecule has 52 heavy (non-hydrogen) atoms. The average molecular weight is 747 g/mol. The summed E-state index contributed by atoms with van der Waals surface area (Å²) in [6.45, 7) is 6.48. The highest BCUT2D eigenvalue weighted by Gasteiger charge is 2.49. The topological polar surface area (TPSA) is 177 Å². The van der Waals surface area contributed by atoms with Gasteiger partial charge in [-0.05, 0) is 48.8 Å². The van der Waals surface area contributed by atoms with E-state index in [2.05, 4.69) is 5.32 Å². The smallest absolute Gasteiger partial charge is 0.407 e. The van der Waals surface area contributed by atoms with Gasteiger partial charge in [-0.1, -0.05) is 44.2 Å². The minimum atomic E-state index is -4.26. The number of fused-ring (bicyclic) bond motifs is 2. The van der Waals surface area contributed by atoms with Gasteiger partial charge in [-0.2, -0.15) is 4.31 Å². The Kier molecular flexibility index (Phi) is 12.1. The van der Waals surface area contributed by atoms with Gasteiger partial charge in [-0.15, -0.1) is 0 Å². The molecule has 4 aliphatic heterocycles. The van der Waals surface area contributed by atoms with Crippen molar-refractivity contribution in [2.24, 2.45) is 11.3 Å². The average Bonchev–Trinajstić information content (AvgIpc) is 3.89. The molecular formula is C36H50N4O11S. The molecular weight excluding hydrogens is 696 g/mol. The van der Waals surface area contributed by atoms with Crippen molar-refractivity contribution in [3.8, 4) is 11.5 Å². The standard InChI is InChI=1S/C36H50N4O11S/c1-36(2,12-6-13-37-34(42)38-14-17-47-18-15-38)23-39(52(45,46)26-9-10-31-32(20-26)51-24-50-31)21-30(41)28(19-25-7-4-3-5-8-25)40(35(43)44)29-22-49-33-27(29)11-16-48-33/h3-5,7-10,20,27-30,33,41H,6,11-19,21-24H2,1-2H3,(H,37,42)(H,43,44)/t27-,28-,29-,30+,33+/m0/s1. The summed E-state index contributed by atoms with van der Waals surface area (Å²) in [4.78, 5) is 28.6. The molecule has 3 amide bonds. The lowest BCUT2D eigenvalue weighted by atomic mass is 9.87. The number of nitrogens with one attached hydrogen (secondary N) is 1. The van der Waals surface area contributed by atoms with Crippen molar-refractivity contribution in [3.05, 3.63) is 54.1 Å². The number of sulfonamides is 1. The van der Waals surface area contributed by atoms with Crippen LogP contribution in [-0.4, -0.2) is 135 Å². The Balaban J connectivity index is 1.24. The Hall–Kier alpha value is -3.67. The Morgan fingerprint density at radius 3 is 2.54 bits per heavy atom. The summed E-state index contributed by atoms with van der Waals surface area (Å²) in [5.74, 6) is 0.515. The third kappa shape index (κ3) is 8.92. The van der Waals surface area contributed by atoms with Crippen molar-refractivity contribution < 1.29 is 51.9 Å². The first-order chi connectivity index (χ1) is 24.9. The largest absolute Gasteiger partial charge is 0.465 e. The number of carboxylic acid groups (broad SMARTS) is 1. The summed E-state index contributed by atoms with van der Waals surface area (Å²) in [6.07, 6.45) is -1.29. The maximum absolute atomic E-state index is 14.5. The highest BCUT2D eigenvalue weighted by atomic mass is 32.2. The minimum Gasteiger partial charge on any atom is -0.465 e. The molecule has 5 atom stereocenters. The zero-order valence-corrected chi connectivity index (χ0v) is 30.5. The first kappa shape index (κ1) is 38.1. The third-order valence-corrected chi connectivity index (χ3v) is 12.1. The number of carbonyl (C=O) groups is 2. The minimum absolute atomic E-state index is 0.00839. The molecule has 2 aromatic carbocycles. The van der Waals surface area contributed by atoms with E-state index in [4.69, 9.17) is 23.7 Å². The van der Waals surface area contributed by atoms with E-state index < -0.39 is 46.0 Å². The van der Waals surface area contributed by atoms with Crippen LogP contribution in [0.4, 0.5) is 9.59 Å². The van der Waals surface area contributed by atoms with Crippen LogP contribution in [0.25, 0.3) is 0 Å². The number of ether oxygens (including phenoxy) is 5. The lowest BCUT2D eigenvalue weighted by molar-refractivity contribution is -0.0906. The zero-order valence-electron chi connectivity index (χ0n) is 29.7. The van der Waals surface area contributed by atoms with Gasteiger partial charge in [0.05, 0.1) is 49.5 Å². The van der Waals surface area contributed by atoms with Crippen LogP contribution in [0.15, 0.2) is 53.4 Å². The second kappa shape index (κ2) is 16.6. The van der Waals surface area contributed by atoms with Crippen molar-refractivity contribution in [2.45, 2.75) is 68.9 Å². The molecule has 4 aliphatic rings. The fraction of sp³-hybridized carbons (Fsp3) is 0.611. The summed E-state index contributed by atoms with van der Waals surface area (Å²) in [6, 6.07) is 11.9. The normalized spacial score (nSPS) is 22.6. The van der Waals surface area contributed by atoms with Gasteiger partial charge in [-0.25, -0.2) is 18.0 Å². The van der Waals surface area contributed by atoms with Crippen LogP contribution < -0.4 is 14.8 Å². The first-order valence-electron chi connectivity index (χ1n) is 17.9. The molecule has 0 unspecified atom stereocenters. The third-order valence-electron chi connectivity index (χ3n) is 10.3. The predicted octanol–water partition coefficient (Wildman–Crippen LogP) is 2.97. The van der Waals surface area contributed by atoms with Gasteiger partial charge >= 0.3 is 12.1 Å². The van der Waals surface area contributed by atoms with Crippen molar-refractivity contribution in [2.75, 3.05) is 65.9 Å². The SMILES string of the molecule is CC(C)(CCCNC(=O)N1CCOCC1)CN(C[C@@H](O)[C@H](Cc1ccccc1)N(C(=O)O)[C@H]1CO[C@H]2OCC[C@H]21)S(=O)(=O)c1ccc2c(c1)OCO2. The molecule has 6 rings (SSSR count). The Morgan fingerprint density at radius 1 is 1.04 bits per heavy atom. The molecule has 0 radical (unpaired) electrons. The summed E-state index contributed by atoms with van der Waals surface area (Å²) < 4.78 is 58.0. The van der Waals surface area contributed by atoms with E-state index in [1.54, 1.807) is 4.90 Å². The van der Waals surface area contributed by atoms with Crippen LogP contribution in [0.2, 0.25) is 0 Å². The van der Waals surface area contributed by atoms with E-state index in [-0.39, 0.29) is 49.8 Å². The van der Waals surface area contributed by atoms with Gasteiger partial charge in [-0.3, -0.25) is 4.90 Å². The number of hydrogen-bond acceptors (Lipinski definition) is 10. The van der Waals surface area contributed by atoms with Crippen LogP contribution in [0.1, 0.15) is 38.7 Å². The van der Waals surface area contributed by atoms with Crippen LogP contribution in [0, 0.1) is 11.3 Å². The van der Waals surface area contributed by atoms with Gasteiger partial charge in [0, 0.05) is 44.7 Å². The second-order valence-corrected chi connectivity index (χ2v) is 16.5. The number of nitrogens with zero attached hydrogens (tertiary/aromatic N) is 3. The molecule has 16 heteroatoms. The summed E-state index contributed by atoms with van der Waals surface area (Å²) in [5, 5.41) is 25.7. The molecule has 3 saturated heterocycles. The molecule has 3 N–H and O–H groups in total. The monoisotopic (exact) mass is 746 g/mol. The number of amides is 3.